The average Bonchev–Trinajstić information content (AvgIpc) is 3.28. The van der Waals surface area contributed by atoms with Crippen LogP contribution in [0.2, 0.25) is 0 Å². The van der Waals surface area contributed by atoms with Crippen molar-refractivity contribution in [3.8, 4) is 11.5 Å². The van der Waals surface area contributed by atoms with E-state index in [1.54, 1.807) is 37.7 Å². The molecule has 2 aromatic carbocycles. The van der Waals surface area contributed by atoms with Crippen LogP contribution in [0.4, 0.5) is 10.1 Å². The molecule has 1 atom stereocenters. The number of amides is 1. The van der Waals surface area contributed by atoms with Gasteiger partial charge in [-0.1, -0.05) is 6.07 Å². The van der Waals surface area contributed by atoms with Crippen LogP contribution >= 0.6 is 11.3 Å². The quantitative estimate of drug-likeness (QED) is 0.631. The highest BCUT2D eigenvalue weighted by atomic mass is 32.1. The molecule has 1 aromatic heterocycles. The van der Waals surface area contributed by atoms with Gasteiger partial charge < -0.3 is 14.8 Å². The third kappa shape index (κ3) is 4.17. The highest BCUT2D eigenvalue weighted by Crippen LogP contribution is 2.42. The molecule has 0 saturated carbocycles. The van der Waals surface area contributed by atoms with E-state index >= 15 is 0 Å². The number of ether oxygens (including phenoxy) is 2. The average molecular weight is 427 g/mol. The summed E-state index contributed by atoms with van der Waals surface area (Å²) in [5.41, 5.74) is 2.90. The summed E-state index contributed by atoms with van der Waals surface area (Å²) < 4.78 is 24.1. The normalized spacial score (nSPS) is 16.0. The van der Waals surface area contributed by atoms with Crippen LogP contribution < -0.4 is 14.8 Å². The first-order valence-corrected chi connectivity index (χ1v) is 10.5. The summed E-state index contributed by atoms with van der Waals surface area (Å²) in [6, 6.07) is 13.9. The molecule has 7 heteroatoms. The number of nitrogens with one attached hydrogen (secondary N) is 1. The van der Waals surface area contributed by atoms with Crippen LogP contribution in [0.3, 0.4) is 0 Å². The Kier molecular flexibility index (Phi) is 6.01. The van der Waals surface area contributed by atoms with Crippen molar-refractivity contribution in [1.29, 1.82) is 0 Å². The van der Waals surface area contributed by atoms with Gasteiger partial charge in [0.2, 0.25) is 5.91 Å². The molecule has 4 rings (SSSR count). The first-order valence-electron chi connectivity index (χ1n) is 9.66. The number of anilines is 1. The minimum Gasteiger partial charge on any atom is -0.493 e. The number of benzene rings is 2. The summed E-state index contributed by atoms with van der Waals surface area (Å²) in [6.45, 7) is 0.968. The summed E-state index contributed by atoms with van der Waals surface area (Å²) in [7, 11) is 3.26. The van der Waals surface area contributed by atoms with Gasteiger partial charge in [0.15, 0.2) is 11.5 Å². The predicted molar refractivity (Wildman–Crippen MR) is 116 cm³/mol. The van der Waals surface area contributed by atoms with Crippen molar-refractivity contribution in [3.05, 3.63) is 75.7 Å². The van der Waals surface area contributed by atoms with E-state index in [-0.39, 0.29) is 24.3 Å². The molecule has 1 aliphatic heterocycles. The molecule has 5 nitrogen and oxygen atoms in total. The third-order valence-electron chi connectivity index (χ3n) is 5.26. The van der Waals surface area contributed by atoms with Crippen molar-refractivity contribution in [1.82, 2.24) is 4.90 Å². The van der Waals surface area contributed by atoms with Crippen molar-refractivity contribution < 1.29 is 18.7 Å². The van der Waals surface area contributed by atoms with Crippen molar-refractivity contribution in [2.45, 2.75) is 12.5 Å². The molecular formula is C23H23FN2O3S. The van der Waals surface area contributed by atoms with Gasteiger partial charge in [-0.05, 0) is 65.4 Å². The van der Waals surface area contributed by atoms with Crippen LogP contribution in [-0.4, -0.2) is 38.1 Å². The lowest BCUT2D eigenvalue weighted by Crippen LogP contribution is -2.40. The molecule has 0 saturated heterocycles. The second kappa shape index (κ2) is 8.85. The van der Waals surface area contributed by atoms with E-state index < -0.39 is 0 Å². The highest BCUT2D eigenvalue weighted by molar-refractivity contribution is 7.10. The van der Waals surface area contributed by atoms with E-state index in [9.17, 15) is 9.18 Å². The molecule has 30 heavy (non-hydrogen) atoms. The zero-order valence-electron chi connectivity index (χ0n) is 16.9. The fourth-order valence-corrected chi connectivity index (χ4v) is 4.74. The lowest BCUT2D eigenvalue weighted by atomic mass is 9.91. The van der Waals surface area contributed by atoms with Crippen LogP contribution in [0.5, 0.6) is 11.5 Å². The molecule has 1 N–H and O–H groups in total. The van der Waals surface area contributed by atoms with Crippen molar-refractivity contribution >= 4 is 22.9 Å². The van der Waals surface area contributed by atoms with Gasteiger partial charge in [-0.25, -0.2) is 4.39 Å². The number of nitrogens with zero attached hydrogens (tertiary/aromatic N) is 1. The van der Waals surface area contributed by atoms with E-state index in [4.69, 9.17) is 9.47 Å². The van der Waals surface area contributed by atoms with Gasteiger partial charge >= 0.3 is 0 Å². The molecule has 3 aromatic rings. The fourth-order valence-electron chi connectivity index (χ4n) is 3.87. The first kappa shape index (κ1) is 20.4. The molecule has 0 spiro atoms. The molecule has 0 radical (unpaired) electrons. The topological polar surface area (TPSA) is 50.8 Å². The van der Waals surface area contributed by atoms with Gasteiger partial charge in [0.05, 0.1) is 26.8 Å². The molecule has 2 heterocycles. The van der Waals surface area contributed by atoms with Gasteiger partial charge in [-0.15, -0.1) is 11.3 Å². The largest absolute Gasteiger partial charge is 0.493 e. The Labute approximate surface area is 179 Å². The standard InChI is InChI=1S/C23H23FN2O3S/c1-28-19-12-15-9-10-26(14-22(27)25-17-7-5-16(24)6-8-17)23(21-4-3-11-30-21)18(15)13-20(19)29-2/h3-8,11-13,23H,9-10,14H2,1-2H3,(H,25,27)/t23-/m1/s1. The molecule has 0 bridgehead atoms. The number of hydrogen-bond donors (Lipinski definition) is 1. The maximum atomic E-state index is 13.1. The first-order chi connectivity index (χ1) is 14.6. The maximum Gasteiger partial charge on any atom is 0.238 e. The number of methoxy groups -OCH3 is 2. The number of thiophene rings is 1. The van der Waals surface area contributed by atoms with E-state index in [2.05, 4.69) is 16.3 Å². The number of rotatable bonds is 6. The molecule has 156 valence electrons. The van der Waals surface area contributed by atoms with Crippen LogP contribution in [0, 0.1) is 5.82 Å². The van der Waals surface area contributed by atoms with Crippen LogP contribution in [0.1, 0.15) is 22.0 Å². The minimum atomic E-state index is -0.331. The summed E-state index contributed by atoms with van der Waals surface area (Å²) >= 11 is 1.67. The number of halogens is 1. The van der Waals surface area contributed by atoms with E-state index in [1.807, 2.05) is 23.6 Å². The SMILES string of the molecule is COc1cc2c(cc1OC)[C@H](c1cccs1)N(CC(=O)Nc1ccc(F)cc1)CC2. The Morgan fingerprint density at radius 2 is 1.90 bits per heavy atom. The summed E-state index contributed by atoms with van der Waals surface area (Å²) in [5, 5.41) is 4.90. The lowest BCUT2D eigenvalue weighted by molar-refractivity contribution is -0.117. The number of carbonyl (C=O) groups is 1. The van der Waals surface area contributed by atoms with E-state index in [0.717, 1.165) is 23.4 Å². The summed E-state index contributed by atoms with van der Waals surface area (Å²) in [4.78, 5) is 16.1. The monoisotopic (exact) mass is 426 g/mol. The minimum absolute atomic E-state index is 0.0486. The summed E-state index contributed by atoms with van der Waals surface area (Å²) in [6.07, 6.45) is 0.807. The van der Waals surface area contributed by atoms with E-state index in [0.29, 0.717) is 17.2 Å². The molecule has 1 aliphatic rings. The van der Waals surface area contributed by atoms with Crippen LogP contribution in [-0.2, 0) is 11.2 Å². The number of hydrogen-bond acceptors (Lipinski definition) is 5. The van der Waals surface area contributed by atoms with Gasteiger partial charge in [0.25, 0.3) is 0 Å². The van der Waals surface area contributed by atoms with Gasteiger partial charge in [0, 0.05) is 17.1 Å². The number of fused-ring (bicyclic) bond motifs is 1. The summed E-state index contributed by atoms with van der Waals surface area (Å²) in [5.74, 6) is 0.925. The fraction of sp³-hybridized carbons (Fsp3) is 0.261. The van der Waals surface area contributed by atoms with Crippen molar-refractivity contribution in [3.63, 3.8) is 0 Å². The maximum absolute atomic E-state index is 13.1. The van der Waals surface area contributed by atoms with E-state index in [1.165, 1.54) is 17.7 Å². The Morgan fingerprint density at radius 1 is 1.17 bits per heavy atom. The molecule has 0 aliphatic carbocycles. The van der Waals surface area contributed by atoms with Crippen molar-refractivity contribution in [2.75, 3.05) is 32.6 Å². The molecular weight excluding hydrogens is 403 g/mol. The lowest BCUT2D eigenvalue weighted by Gasteiger charge is -2.37. The second-order valence-electron chi connectivity index (χ2n) is 7.10. The number of carbonyl (C=O) groups excluding carboxylic acids is 1. The third-order valence-corrected chi connectivity index (χ3v) is 6.19. The smallest absolute Gasteiger partial charge is 0.238 e. The Morgan fingerprint density at radius 3 is 2.57 bits per heavy atom. The predicted octanol–water partition coefficient (Wildman–Crippen LogP) is 4.49. The van der Waals surface area contributed by atoms with Gasteiger partial charge in [0.1, 0.15) is 5.82 Å². The van der Waals surface area contributed by atoms with Gasteiger partial charge in [-0.2, -0.15) is 0 Å². The molecule has 1 amide bonds. The zero-order chi connectivity index (χ0) is 21.1. The highest BCUT2D eigenvalue weighted by Gasteiger charge is 2.32. The second-order valence-corrected chi connectivity index (χ2v) is 8.08. The van der Waals surface area contributed by atoms with Crippen LogP contribution in [0.25, 0.3) is 0 Å². The van der Waals surface area contributed by atoms with Crippen LogP contribution in [0.15, 0.2) is 53.9 Å². The zero-order valence-corrected chi connectivity index (χ0v) is 17.7. The Hall–Kier alpha value is -2.90. The van der Waals surface area contributed by atoms with Gasteiger partial charge in [-0.3, -0.25) is 9.69 Å². The Balaban J connectivity index is 1.62. The Bertz CT molecular complexity index is 1020. The molecule has 0 unspecified atom stereocenters. The molecule has 0 fully saturated rings. The van der Waals surface area contributed by atoms with Crippen molar-refractivity contribution in [2.24, 2.45) is 0 Å².